The first-order valence-electron chi connectivity index (χ1n) is 5.96. The van der Waals surface area contributed by atoms with Gasteiger partial charge in [0.05, 0.1) is 19.6 Å². The van der Waals surface area contributed by atoms with Gasteiger partial charge >= 0.3 is 0 Å². The highest BCUT2D eigenvalue weighted by atomic mass is 32.2. The lowest BCUT2D eigenvalue weighted by molar-refractivity contribution is 0.378. The third-order valence-electron chi connectivity index (χ3n) is 3.10. The maximum Gasteiger partial charge on any atom is 0.179 e. The van der Waals surface area contributed by atoms with E-state index < -0.39 is 9.84 Å². The summed E-state index contributed by atoms with van der Waals surface area (Å²) in [6, 6.07) is 8.76. The Kier molecular flexibility index (Phi) is 4.73. The van der Waals surface area contributed by atoms with Crippen molar-refractivity contribution in [2.45, 2.75) is 23.8 Å². The smallest absolute Gasteiger partial charge is 0.179 e. The van der Waals surface area contributed by atoms with E-state index in [0.717, 1.165) is 19.4 Å². The molecule has 0 aromatic heterocycles. The van der Waals surface area contributed by atoms with E-state index in [9.17, 15) is 8.42 Å². The quantitative estimate of drug-likeness (QED) is 0.778. The zero-order valence-corrected chi connectivity index (χ0v) is 12.2. The highest BCUT2D eigenvalue weighted by Crippen LogP contribution is 2.31. The van der Waals surface area contributed by atoms with Crippen LogP contribution in [-0.4, -0.2) is 38.5 Å². The minimum atomic E-state index is -3.19. The molecule has 0 amide bonds. The Morgan fingerprint density at radius 2 is 2.11 bits per heavy atom. The van der Waals surface area contributed by atoms with Crippen LogP contribution in [0.4, 0.5) is 0 Å². The van der Waals surface area contributed by atoms with Gasteiger partial charge in [0.15, 0.2) is 9.84 Å². The van der Waals surface area contributed by atoms with E-state index >= 15 is 0 Å². The third kappa shape index (κ3) is 3.29. The summed E-state index contributed by atoms with van der Waals surface area (Å²) in [4.78, 5) is 0.414. The minimum absolute atomic E-state index is 0.0912. The second-order valence-electron chi connectivity index (χ2n) is 4.38. The summed E-state index contributed by atoms with van der Waals surface area (Å²) in [5.74, 6) is 0.188. The molecule has 1 aliphatic heterocycles. The number of rotatable bonds is 5. The Labute approximate surface area is 110 Å². The molecule has 1 aliphatic rings. The van der Waals surface area contributed by atoms with Gasteiger partial charge in [0, 0.05) is 19.7 Å². The van der Waals surface area contributed by atoms with Crippen LogP contribution in [0.1, 0.15) is 12.8 Å². The van der Waals surface area contributed by atoms with Crippen LogP contribution in [0.5, 0.6) is 0 Å². The SMILES string of the molecule is COPN1CCCC1CS(=O)(=O)c1ccccc1. The number of hydrogen-bond donors (Lipinski definition) is 0. The van der Waals surface area contributed by atoms with Gasteiger partial charge in [-0.2, -0.15) is 0 Å². The van der Waals surface area contributed by atoms with Crippen LogP contribution >= 0.6 is 8.96 Å². The van der Waals surface area contributed by atoms with E-state index in [-0.39, 0.29) is 20.8 Å². The van der Waals surface area contributed by atoms with Crippen LogP contribution in [0, 0.1) is 0 Å². The van der Waals surface area contributed by atoms with Crippen LogP contribution < -0.4 is 0 Å². The summed E-state index contributed by atoms with van der Waals surface area (Å²) in [5, 5.41) is 0. The van der Waals surface area contributed by atoms with Crippen molar-refractivity contribution < 1.29 is 12.9 Å². The molecule has 18 heavy (non-hydrogen) atoms. The van der Waals surface area contributed by atoms with Crippen LogP contribution in [0.15, 0.2) is 35.2 Å². The van der Waals surface area contributed by atoms with Crippen molar-refractivity contribution in [3.8, 4) is 0 Å². The fourth-order valence-corrected chi connectivity index (χ4v) is 4.83. The Bertz CT molecular complexity index is 477. The summed E-state index contributed by atoms with van der Waals surface area (Å²) in [7, 11) is -1.27. The number of benzene rings is 1. The van der Waals surface area contributed by atoms with Gasteiger partial charge < -0.3 is 4.52 Å². The molecule has 4 nitrogen and oxygen atoms in total. The molecule has 1 heterocycles. The van der Waals surface area contributed by atoms with Crippen molar-refractivity contribution >= 4 is 18.8 Å². The molecule has 0 aliphatic carbocycles. The maximum atomic E-state index is 12.3. The van der Waals surface area contributed by atoms with Crippen LogP contribution in [0.25, 0.3) is 0 Å². The van der Waals surface area contributed by atoms with Gasteiger partial charge in [-0.1, -0.05) is 18.2 Å². The van der Waals surface area contributed by atoms with Gasteiger partial charge in [-0.3, -0.25) is 4.67 Å². The molecule has 1 aromatic carbocycles. The molecule has 0 radical (unpaired) electrons. The van der Waals surface area contributed by atoms with E-state index in [4.69, 9.17) is 4.52 Å². The summed E-state index contributed by atoms with van der Waals surface area (Å²) in [6.45, 7) is 0.932. The summed E-state index contributed by atoms with van der Waals surface area (Å²) >= 11 is 0. The van der Waals surface area contributed by atoms with E-state index in [0.29, 0.717) is 4.90 Å². The standard InChI is InChI=1S/C12H18NO3PS/c1-16-17-13-9-5-6-11(13)10-18(14,15)12-7-3-2-4-8-12/h2-4,7-8,11,17H,5-6,9-10H2,1H3. The largest absolute Gasteiger partial charge is 0.349 e. The lowest BCUT2D eigenvalue weighted by atomic mass is 10.3. The molecule has 0 N–H and O–H groups in total. The average molecular weight is 287 g/mol. The first kappa shape index (κ1) is 13.9. The first-order valence-corrected chi connectivity index (χ1v) is 8.47. The molecule has 2 atom stereocenters. The molecular weight excluding hydrogens is 269 g/mol. The Hall–Kier alpha value is -0.480. The van der Waals surface area contributed by atoms with Gasteiger partial charge in [-0.05, 0) is 25.0 Å². The molecule has 0 spiro atoms. The van der Waals surface area contributed by atoms with Crippen molar-refractivity contribution in [2.75, 3.05) is 19.4 Å². The lowest BCUT2D eigenvalue weighted by Gasteiger charge is -2.22. The van der Waals surface area contributed by atoms with Crippen molar-refractivity contribution in [3.05, 3.63) is 30.3 Å². The minimum Gasteiger partial charge on any atom is -0.349 e. The van der Waals surface area contributed by atoms with Crippen LogP contribution in [0.2, 0.25) is 0 Å². The Balaban J connectivity index is 2.09. The van der Waals surface area contributed by atoms with E-state index in [1.54, 1.807) is 31.4 Å². The maximum absolute atomic E-state index is 12.3. The topological polar surface area (TPSA) is 46.6 Å². The monoisotopic (exact) mass is 287 g/mol. The predicted octanol–water partition coefficient (Wildman–Crippen LogP) is 2.08. The van der Waals surface area contributed by atoms with Crippen LogP contribution in [0.3, 0.4) is 0 Å². The molecule has 0 saturated carbocycles. The molecule has 2 unspecified atom stereocenters. The Morgan fingerprint density at radius 3 is 2.78 bits per heavy atom. The van der Waals surface area contributed by atoms with Gasteiger partial charge in [0.2, 0.25) is 0 Å². The Morgan fingerprint density at radius 1 is 1.39 bits per heavy atom. The number of hydrogen-bond acceptors (Lipinski definition) is 4. The van der Waals surface area contributed by atoms with Gasteiger partial charge in [-0.15, -0.1) is 0 Å². The lowest BCUT2D eigenvalue weighted by Crippen LogP contribution is -2.29. The van der Waals surface area contributed by atoms with E-state index in [1.165, 1.54) is 0 Å². The van der Waals surface area contributed by atoms with Crippen molar-refractivity contribution in [1.82, 2.24) is 4.67 Å². The molecule has 6 heteroatoms. The van der Waals surface area contributed by atoms with E-state index in [1.807, 2.05) is 6.07 Å². The summed E-state index contributed by atoms with van der Waals surface area (Å²) in [5.41, 5.74) is 0. The predicted molar refractivity (Wildman–Crippen MR) is 73.5 cm³/mol. The zero-order chi connectivity index (χ0) is 13.0. The average Bonchev–Trinajstić information content (AvgIpc) is 2.78. The van der Waals surface area contributed by atoms with Crippen LogP contribution in [-0.2, 0) is 14.4 Å². The molecule has 100 valence electrons. The molecular formula is C12H18NO3PS. The molecule has 1 fully saturated rings. The third-order valence-corrected chi connectivity index (χ3v) is 5.92. The molecule has 2 rings (SSSR count). The second-order valence-corrected chi connectivity index (χ2v) is 7.58. The zero-order valence-electron chi connectivity index (χ0n) is 10.4. The van der Waals surface area contributed by atoms with Crippen molar-refractivity contribution in [1.29, 1.82) is 0 Å². The van der Waals surface area contributed by atoms with Gasteiger partial charge in [-0.25, -0.2) is 8.42 Å². The van der Waals surface area contributed by atoms with Crippen molar-refractivity contribution in [2.24, 2.45) is 0 Å². The molecule has 1 aromatic rings. The molecule has 0 bridgehead atoms. The van der Waals surface area contributed by atoms with Crippen molar-refractivity contribution in [3.63, 3.8) is 0 Å². The highest BCUT2D eigenvalue weighted by Gasteiger charge is 2.30. The normalized spacial score (nSPS) is 21.9. The fourth-order valence-electron chi connectivity index (χ4n) is 2.22. The number of sulfone groups is 1. The van der Waals surface area contributed by atoms with Gasteiger partial charge in [0.1, 0.15) is 0 Å². The van der Waals surface area contributed by atoms with Gasteiger partial charge in [0.25, 0.3) is 0 Å². The summed E-state index contributed by atoms with van der Waals surface area (Å²) < 4.78 is 31.8. The second kappa shape index (κ2) is 6.11. The number of nitrogens with zero attached hydrogens (tertiary/aromatic N) is 1. The van der Waals surface area contributed by atoms with E-state index in [2.05, 4.69) is 4.67 Å². The molecule has 1 saturated heterocycles. The summed E-state index contributed by atoms with van der Waals surface area (Å²) in [6.07, 6.45) is 1.98. The highest BCUT2D eigenvalue weighted by molar-refractivity contribution is 7.91. The first-order chi connectivity index (χ1) is 8.63. The fraction of sp³-hybridized carbons (Fsp3) is 0.500.